The van der Waals surface area contributed by atoms with Gasteiger partial charge in [-0.3, -0.25) is 0 Å². The summed E-state index contributed by atoms with van der Waals surface area (Å²) >= 11 is 11.2. The molecule has 0 saturated carbocycles. The summed E-state index contributed by atoms with van der Waals surface area (Å²) < 4.78 is 5.16. The highest BCUT2D eigenvalue weighted by Crippen LogP contribution is 2.22. The summed E-state index contributed by atoms with van der Waals surface area (Å²) in [5, 5.41) is 9.29. The van der Waals surface area contributed by atoms with Gasteiger partial charge in [-0.2, -0.15) is 0 Å². The molecule has 0 aliphatic heterocycles. The van der Waals surface area contributed by atoms with Gasteiger partial charge in [-0.15, -0.1) is 0 Å². The molecule has 0 saturated heterocycles. The van der Waals surface area contributed by atoms with Crippen LogP contribution in [0.3, 0.4) is 0 Å². The highest BCUT2D eigenvalue weighted by molar-refractivity contribution is 6.33. The smallest absolute Gasteiger partial charge is 0.337 e. The first kappa shape index (κ1) is 11.9. The molecule has 0 atom stereocenters. The predicted molar refractivity (Wildman–Crippen MR) is 58.9 cm³/mol. The Balaban J connectivity index is 2.87. The fourth-order valence-corrected chi connectivity index (χ4v) is 1.17. The number of hydrogen-bond acceptors (Lipinski definition) is 2. The van der Waals surface area contributed by atoms with Gasteiger partial charge in [0.1, 0.15) is 12.4 Å². The average molecular weight is 247 g/mol. The van der Waals surface area contributed by atoms with Crippen molar-refractivity contribution < 1.29 is 14.6 Å². The van der Waals surface area contributed by atoms with Gasteiger partial charge in [0.05, 0.1) is 10.6 Å². The molecule has 0 amide bonds. The largest absolute Gasteiger partial charge is 0.488 e. The van der Waals surface area contributed by atoms with Crippen LogP contribution in [0.2, 0.25) is 5.02 Å². The van der Waals surface area contributed by atoms with E-state index in [4.69, 9.17) is 33.0 Å². The lowest BCUT2D eigenvalue weighted by atomic mass is 10.2. The van der Waals surface area contributed by atoms with Crippen molar-refractivity contribution in [1.82, 2.24) is 0 Å². The number of benzene rings is 1. The SMILES string of the molecule is C=C(Cl)COc1ccc(Cl)c(C(=O)O)c1. The van der Waals surface area contributed by atoms with E-state index in [1.807, 2.05) is 0 Å². The highest BCUT2D eigenvalue weighted by Gasteiger charge is 2.09. The molecule has 1 aromatic carbocycles. The second-order valence-corrected chi connectivity index (χ2v) is 3.69. The van der Waals surface area contributed by atoms with Gasteiger partial charge in [-0.05, 0) is 18.2 Å². The molecule has 1 aromatic rings. The second kappa shape index (κ2) is 5.05. The summed E-state index contributed by atoms with van der Waals surface area (Å²) in [6.07, 6.45) is 0. The van der Waals surface area contributed by atoms with Crippen LogP contribution in [-0.4, -0.2) is 17.7 Å². The molecule has 1 N–H and O–H groups in total. The minimum Gasteiger partial charge on any atom is -0.488 e. The van der Waals surface area contributed by atoms with Crippen molar-refractivity contribution in [2.24, 2.45) is 0 Å². The van der Waals surface area contributed by atoms with Gasteiger partial charge >= 0.3 is 5.97 Å². The van der Waals surface area contributed by atoms with Crippen LogP contribution in [0.15, 0.2) is 29.8 Å². The van der Waals surface area contributed by atoms with Gasteiger partial charge in [-0.25, -0.2) is 4.79 Å². The molecular weight excluding hydrogens is 239 g/mol. The molecule has 5 heteroatoms. The van der Waals surface area contributed by atoms with E-state index < -0.39 is 5.97 Å². The number of ether oxygens (including phenoxy) is 1. The Morgan fingerprint density at radius 1 is 1.53 bits per heavy atom. The molecule has 1 rings (SSSR count). The number of aromatic carboxylic acids is 1. The number of hydrogen-bond donors (Lipinski definition) is 1. The molecule has 0 aliphatic rings. The van der Waals surface area contributed by atoms with Gasteiger partial charge in [0.2, 0.25) is 0 Å². The molecule has 80 valence electrons. The minimum atomic E-state index is -1.10. The van der Waals surface area contributed by atoms with E-state index in [0.29, 0.717) is 10.8 Å². The third kappa shape index (κ3) is 3.46. The summed E-state index contributed by atoms with van der Waals surface area (Å²) in [6.45, 7) is 3.57. The van der Waals surface area contributed by atoms with Crippen LogP contribution in [0.25, 0.3) is 0 Å². The molecule has 0 aliphatic carbocycles. The van der Waals surface area contributed by atoms with Crippen LogP contribution in [0.4, 0.5) is 0 Å². The van der Waals surface area contributed by atoms with E-state index in [1.165, 1.54) is 12.1 Å². The first-order chi connectivity index (χ1) is 7.00. The van der Waals surface area contributed by atoms with Crippen LogP contribution in [0.5, 0.6) is 5.75 Å². The maximum atomic E-state index is 10.7. The van der Waals surface area contributed by atoms with Crippen molar-refractivity contribution in [2.45, 2.75) is 0 Å². The van der Waals surface area contributed by atoms with Gasteiger partial charge in [0, 0.05) is 5.03 Å². The van der Waals surface area contributed by atoms with Crippen molar-refractivity contribution in [2.75, 3.05) is 6.61 Å². The average Bonchev–Trinajstić information content (AvgIpc) is 2.16. The molecule has 3 nitrogen and oxygen atoms in total. The Kier molecular flexibility index (Phi) is 4.00. The topological polar surface area (TPSA) is 46.5 Å². The predicted octanol–water partition coefficient (Wildman–Crippen LogP) is 3.17. The van der Waals surface area contributed by atoms with Crippen molar-refractivity contribution in [3.05, 3.63) is 40.4 Å². The summed E-state index contributed by atoms with van der Waals surface area (Å²) in [5.74, 6) is -0.714. The number of carboxylic acids is 1. The van der Waals surface area contributed by atoms with Crippen LogP contribution < -0.4 is 4.74 Å². The zero-order valence-corrected chi connectivity index (χ0v) is 9.18. The normalized spacial score (nSPS) is 9.73. The van der Waals surface area contributed by atoms with E-state index in [0.717, 1.165) is 0 Å². The number of carbonyl (C=O) groups is 1. The summed E-state index contributed by atoms with van der Waals surface area (Å²) in [7, 11) is 0. The molecule has 0 fully saturated rings. The van der Waals surface area contributed by atoms with E-state index in [2.05, 4.69) is 6.58 Å². The first-order valence-electron chi connectivity index (χ1n) is 3.99. The lowest BCUT2D eigenvalue weighted by molar-refractivity contribution is 0.0696. The third-order valence-electron chi connectivity index (χ3n) is 1.56. The number of carboxylic acid groups (broad SMARTS) is 1. The Morgan fingerprint density at radius 2 is 2.20 bits per heavy atom. The minimum absolute atomic E-state index is 0.00523. The van der Waals surface area contributed by atoms with Crippen molar-refractivity contribution in [3.8, 4) is 5.75 Å². The van der Waals surface area contributed by atoms with E-state index in [-0.39, 0.29) is 17.2 Å². The van der Waals surface area contributed by atoms with Gasteiger partial charge in [0.15, 0.2) is 0 Å². The lowest BCUT2D eigenvalue weighted by Gasteiger charge is -2.06. The Labute approximate surface area is 96.9 Å². The second-order valence-electron chi connectivity index (χ2n) is 2.75. The summed E-state index contributed by atoms with van der Waals surface area (Å²) in [6, 6.07) is 4.36. The standard InChI is InChI=1S/C10H8Cl2O3/c1-6(11)5-15-7-2-3-9(12)8(4-7)10(13)14/h2-4H,1,5H2,(H,13,14). The lowest BCUT2D eigenvalue weighted by Crippen LogP contribution is -2.00. The highest BCUT2D eigenvalue weighted by atomic mass is 35.5. The summed E-state index contributed by atoms with van der Waals surface area (Å²) in [4.78, 5) is 10.7. The fourth-order valence-electron chi connectivity index (χ4n) is 0.920. The van der Waals surface area contributed by atoms with Gasteiger partial charge in [0.25, 0.3) is 0 Å². The zero-order chi connectivity index (χ0) is 11.4. The van der Waals surface area contributed by atoms with Gasteiger partial charge in [-0.1, -0.05) is 29.8 Å². The molecule has 0 radical (unpaired) electrons. The Hall–Kier alpha value is -1.19. The fraction of sp³-hybridized carbons (Fsp3) is 0.100. The van der Waals surface area contributed by atoms with Crippen LogP contribution in [-0.2, 0) is 0 Å². The van der Waals surface area contributed by atoms with Crippen molar-refractivity contribution in [3.63, 3.8) is 0 Å². The molecular formula is C10H8Cl2O3. The van der Waals surface area contributed by atoms with E-state index >= 15 is 0 Å². The molecule has 0 unspecified atom stereocenters. The molecule has 0 aromatic heterocycles. The molecule has 15 heavy (non-hydrogen) atoms. The Bertz CT molecular complexity index is 402. The third-order valence-corrected chi connectivity index (χ3v) is 2.00. The van der Waals surface area contributed by atoms with E-state index in [9.17, 15) is 4.79 Å². The maximum Gasteiger partial charge on any atom is 0.337 e. The number of halogens is 2. The molecule has 0 heterocycles. The van der Waals surface area contributed by atoms with E-state index in [1.54, 1.807) is 6.07 Å². The van der Waals surface area contributed by atoms with Crippen molar-refractivity contribution in [1.29, 1.82) is 0 Å². The molecule has 0 spiro atoms. The molecule has 0 bridgehead atoms. The zero-order valence-electron chi connectivity index (χ0n) is 7.67. The van der Waals surface area contributed by atoms with Crippen LogP contribution in [0.1, 0.15) is 10.4 Å². The van der Waals surface area contributed by atoms with Crippen LogP contribution in [0, 0.1) is 0 Å². The maximum absolute atomic E-state index is 10.7. The monoisotopic (exact) mass is 246 g/mol. The summed E-state index contributed by atoms with van der Waals surface area (Å²) in [5.41, 5.74) is -0.00523. The quantitative estimate of drug-likeness (QED) is 0.888. The van der Waals surface area contributed by atoms with Gasteiger partial charge < -0.3 is 9.84 Å². The Morgan fingerprint density at radius 3 is 2.73 bits per heavy atom. The first-order valence-corrected chi connectivity index (χ1v) is 4.75. The van der Waals surface area contributed by atoms with Crippen LogP contribution >= 0.6 is 23.2 Å². The van der Waals surface area contributed by atoms with Crippen molar-refractivity contribution >= 4 is 29.2 Å². The number of rotatable bonds is 4.